The topological polar surface area (TPSA) is 52.3 Å². The van der Waals surface area contributed by atoms with Crippen LogP contribution in [-0.4, -0.2) is 19.1 Å². The van der Waals surface area contributed by atoms with E-state index >= 15 is 0 Å². The number of rotatable bonds is 5. The fourth-order valence-electron chi connectivity index (χ4n) is 0.597. The molecule has 0 aromatic rings. The van der Waals surface area contributed by atoms with Crippen molar-refractivity contribution in [1.29, 1.82) is 0 Å². The Morgan fingerprint density at radius 3 is 2.55 bits per heavy atom. The van der Waals surface area contributed by atoms with Crippen LogP contribution in [0.2, 0.25) is 0 Å². The van der Waals surface area contributed by atoms with Gasteiger partial charge in [0.25, 0.3) is 0 Å². The fraction of sp³-hybridized carbons (Fsp3) is 0.857. The van der Waals surface area contributed by atoms with Crippen molar-refractivity contribution in [2.45, 2.75) is 26.2 Å². The second kappa shape index (κ2) is 9.72. The first-order valence-corrected chi connectivity index (χ1v) is 3.67. The van der Waals surface area contributed by atoms with Crippen molar-refractivity contribution in [1.82, 2.24) is 0 Å². The lowest BCUT2D eigenvalue weighted by Gasteiger charge is -2.00. The van der Waals surface area contributed by atoms with Crippen LogP contribution in [0, 0.1) is 0 Å². The highest BCUT2D eigenvalue weighted by Crippen LogP contribution is 1.93. The van der Waals surface area contributed by atoms with E-state index in [4.69, 9.17) is 10.5 Å². The summed E-state index contributed by atoms with van der Waals surface area (Å²) in [5.74, 6) is -0.309. The van der Waals surface area contributed by atoms with Crippen molar-refractivity contribution in [2.24, 2.45) is 5.73 Å². The molecule has 0 heterocycles. The monoisotopic (exact) mass is 181 g/mol. The lowest BCUT2D eigenvalue weighted by molar-refractivity contribution is -0.142. The normalized spacial score (nSPS) is 8.55. The zero-order valence-electron chi connectivity index (χ0n) is 6.84. The lowest BCUT2D eigenvalue weighted by Crippen LogP contribution is -2.17. The Morgan fingerprint density at radius 1 is 1.45 bits per heavy atom. The number of ether oxygens (including phenoxy) is 1. The summed E-state index contributed by atoms with van der Waals surface area (Å²) in [5, 5.41) is 0. The molecule has 0 aromatic heterocycles. The maximum atomic E-state index is 10.4. The maximum Gasteiger partial charge on any atom is 0.319 e. The summed E-state index contributed by atoms with van der Waals surface area (Å²) in [5.41, 5.74) is 5.01. The minimum atomic E-state index is -0.309. The molecule has 68 valence electrons. The first-order chi connectivity index (χ1) is 4.81. The molecule has 0 aromatic carbocycles. The molecule has 2 N–H and O–H groups in total. The average Bonchev–Trinajstić information content (AvgIpc) is 1.98. The first kappa shape index (κ1) is 13.3. The van der Waals surface area contributed by atoms with Gasteiger partial charge in [-0.15, -0.1) is 12.4 Å². The van der Waals surface area contributed by atoms with Crippen LogP contribution in [0.4, 0.5) is 0 Å². The predicted octanol–water partition coefficient (Wildman–Crippen LogP) is 1.10. The number of esters is 1. The van der Waals surface area contributed by atoms with Crippen LogP contribution in [0.1, 0.15) is 26.2 Å². The van der Waals surface area contributed by atoms with E-state index in [1.807, 2.05) is 0 Å². The van der Waals surface area contributed by atoms with Crippen LogP contribution in [0.3, 0.4) is 0 Å². The minimum absolute atomic E-state index is 0. The molecule has 0 fully saturated rings. The molecule has 0 unspecified atom stereocenters. The predicted molar refractivity (Wildman–Crippen MR) is 46.8 cm³/mol. The second-order valence-corrected chi connectivity index (χ2v) is 2.13. The number of carbonyl (C=O) groups excluding carboxylic acids is 1. The summed E-state index contributed by atoms with van der Waals surface area (Å²) in [6.45, 7) is 2.61. The molecule has 0 saturated heterocycles. The molecule has 0 aliphatic heterocycles. The van der Waals surface area contributed by atoms with Crippen LogP contribution in [0.5, 0.6) is 0 Å². The van der Waals surface area contributed by atoms with Gasteiger partial charge >= 0.3 is 5.97 Å². The van der Waals surface area contributed by atoms with E-state index in [1.54, 1.807) is 0 Å². The van der Waals surface area contributed by atoms with Crippen molar-refractivity contribution in [3.05, 3.63) is 0 Å². The quantitative estimate of drug-likeness (QED) is 0.511. The third kappa shape index (κ3) is 9.72. The van der Waals surface area contributed by atoms with Gasteiger partial charge in [-0.1, -0.05) is 19.8 Å². The fourth-order valence-corrected chi connectivity index (χ4v) is 0.597. The third-order valence-electron chi connectivity index (χ3n) is 1.18. The molecule has 0 rings (SSSR count). The van der Waals surface area contributed by atoms with E-state index in [1.165, 1.54) is 0 Å². The van der Waals surface area contributed by atoms with Gasteiger partial charge in [0.1, 0.15) is 0 Å². The molecule has 0 atom stereocenters. The SMILES string of the molecule is CCCCCOC(=O)CN.Cl. The molecule has 0 radical (unpaired) electrons. The lowest BCUT2D eigenvalue weighted by atomic mass is 10.3. The van der Waals surface area contributed by atoms with Crippen molar-refractivity contribution < 1.29 is 9.53 Å². The highest BCUT2D eigenvalue weighted by atomic mass is 35.5. The number of halogens is 1. The minimum Gasteiger partial charge on any atom is -0.465 e. The highest BCUT2D eigenvalue weighted by molar-refractivity contribution is 5.85. The Bertz CT molecular complexity index is 98.4. The first-order valence-electron chi connectivity index (χ1n) is 3.67. The van der Waals surface area contributed by atoms with Crippen molar-refractivity contribution >= 4 is 18.4 Å². The molecule has 0 bridgehead atoms. The molecule has 0 aliphatic rings. The molecule has 0 amide bonds. The molecule has 3 nitrogen and oxygen atoms in total. The van der Waals surface area contributed by atoms with Crippen LogP contribution in [0.15, 0.2) is 0 Å². The van der Waals surface area contributed by atoms with Crippen LogP contribution in [0.25, 0.3) is 0 Å². The van der Waals surface area contributed by atoms with Crippen LogP contribution >= 0.6 is 12.4 Å². The van der Waals surface area contributed by atoms with Gasteiger partial charge in [0.05, 0.1) is 13.2 Å². The number of carbonyl (C=O) groups is 1. The van der Waals surface area contributed by atoms with Crippen LogP contribution < -0.4 is 5.73 Å². The van der Waals surface area contributed by atoms with E-state index in [-0.39, 0.29) is 24.9 Å². The molecular formula is C7H16ClNO2. The number of hydrogen-bond donors (Lipinski definition) is 1. The zero-order valence-corrected chi connectivity index (χ0v) is 7.65. The maximum absolute atomic E-state index is 10.4. The van der Waals surface area contributed by atoms with Gasteiger partial charge in [-0.25, -0.2) is 0 Å². The van der Waals surface area contributed by atoms with Gasteiger partial charge in [0, 0.05) is 0 Å². The van der Waals surface area contributed by atoms with E-state index in [9.17, 15) is 4.79 Å². The second-order valence-electron chi connectivity index (χ2n) is 2.13. The van der Waals surface area contributed by atoms with Gasteiger partial charge in [0.15, 0.2) is 0 Å². The van der Waals surface area contributed by atoms with Crippen molar-refractivity contribution in [2.75, 3.05) is 13.2 Å². The average molecular weight is 182 g/mol. The van der Waals surface area contributed by atoms with Gasteiger partial charge in [-0.2, -0.15) is 0 Å². The third-order valence-corrected chi connectivity index (χ3v) is 1.18. The van der Waals surface area contributed by atoms with E-state index in [0.717, 1.165) is 19.3 Å². The summed E-state index contributed by atoms with van der Waals surface area (Å²) in [6.07, 6.45) is 3.19. The van der Waals surface area contributed by atoms with Crippen molar-refractivity contribution in [3.8, 4) is 0 Å². The Kier molecular flexibility index (Phi) is 11.8. The number of unbranched alkanes of at least 4 members (excludes halogenated alkanes) is 2. The number of nitrogens with two attached hydrogens (primary N) is 1. The molecule has 0 spiro atoms. The molecule has 4 heteroatoms. The van der Waals surface area contributed by atoms with Crippen molar-refractivity contribution in [3.63, 3.8) is 0 Å². The molecule has 0 aliphatic carbocycles. The summed E-state index contributed by atoms with van der Waals surface area (Å²) >= 11 is 0. The molecule has 11 heavy (non-hydrogen) atoms. The molecular weight excluding hydrogens is 166 g/mol. The molecule has 0 saturated carbocycles. The highest BCUT2D eigenvalue weighted by Gasteiger charge is 1.95. The van der Waals surface area contributed by atoms with Crippen LogP contribution in [-0.2, 0) is 9.53 Å². The standard InChI is InChI=1S/C7H15NO2.ClH/c1-2-3-4-5-10-7(9)6-8;/h2-6,8H2,1H3;1H. The number of hydrogen-bond acceptors (Lipinski definition) is 3. The smallest absolute Gasteiger partial charge is 0.319 e. The Morgan fingerprint density at radius 2 is 2.09 bits per heavy atom. The zero-order chi connectivity index (χ0) is 7.82. The summed E-state index contributed by atoms with van der Waals surface area (Å²) in [7, 11) is 0. The van der Waals surface area contributed by atoms with Gasteiger partial charge in [-0.3, -0.25) is 4.79 Å². The van der Waals surface area contributed by atoms with E-state index in [2.05, 4.69) is 6.92 Å². The summed E-state index contributed by atoms with van der Waals surface area (Å²) in [4.78, 5) is 10.4. The van der Waals surface area contributed by atoms with E-state index < -0.39 is 0 Å². The van der Waals surface area contributed by atoms with Gasteiger partial charge in [0.2, 0.25) is 0 Å². The summed E-state index contributed by atoms with van der Waals surface area (Å²) in [6, 6.07) is 0. The van der Waals surface area contributed by atoms with Gasteiger partial charge < -0.3 is 10.5 Å². The van der Waals surface area contributed by atoms with E-state index in [0.29, 0.717) is 6.61 Å². The largest absolute Gasteiger partial charge is 0.465 e. The Labute approximate surface area is 73.7 Å². The Balaban J connectivity index is 0. The Hall–Kier alpha value is -0.280. The van der Waals surface area contributed by atoms with Gasteiger partial charge in [-0.05, 0) is 6.42 Å². The summed E-state index contributed by atoms with van der Waals surface area (Å²) < 4.78 is 4.73.